The lowest BCUT2D eigenvalue weighted by atomic mass is 10.1. The van der Waals surface area contributed by atoms with E-state index in [1.54, 1.807) is 23.8 Å². The van der Waals surface area contributed by atoms with Gasteiger partial charge < -0.3 is 4.90 Å². The highest BCUT2D eigenvalue weighted by Gasteiger charge is 2.27. The van der Waals surface area contributed by atoms with Crippen LogP contribution < -0.4 is 0 Å². The average molecular weight is 220 g/mol. The SMILES string of the molecule is CO[N+]1=C2CCN(C)C(=O)N=C2C=CC=C1. The lowest BCUT2D eigenvalue weighted by Crippen LogP contribution is -2.25. The Kier molecular flexibility index (Phi) is 2.85. The van der Waals surface area contributed by atoms with Crippen molar-refractivity contribution in [3.8, 4) is 0 Å². The van der Waals surface area contributed by atoms with Crippen LogP contribution in [0.15, 0.2) is 29.4 Å². The summed E-state index contributed by atoms with van der Waals surface area (Å²) in [4.78, 5) is 22.5. The Morgan fingerprint density at radius 2 is 2.31 bits per heavy atom. The second-order valence-corrected chi connectivity index (χ2v) is 3.61. The van der Waals surface area contributed by atoms with Gasteiger partial charge in [0.1, 0.15) is 12.8 Å². The minimum absolute atomic E-state index is 0.215. The summed E-state index contributed by atoms with van der Waals surface area (Å²) < 4.78 is 1.64. The van der Waals surface area contributed by atoms with Crippen LogP contribution in [0.3, 0.4) is 0 Å². The maximum Gasteiger partial charge on any atom is 0.344 e. The molecule has 0 aromatic carbocycles. The fourth-order valence-corrected chi connectivity index (χ4v) is 1.64. The van der Waals surface area contributed by atoms with E-state index in [0.717, 1.165) is 12.1 Å². The van der Waals surface area contributed by atoms with Crippen molar-refractivity contribution >= 4 is 17.5 Å². The van der Waals surface area contributed by atoms with Crippen LogP contribution in [0.4, 0.5) is 4.79 Å². The van der Waals surface area contributed by atoms with Crippen LogP contribution in [0.5, 0.6) is 0 Å². The molecule has 5 nitrogen and oxygen atoms in total. The molecule has 0 radical (unpaired) electrons. The van der Waals surface area contributed by atoms with E-state index in [-0.39, 0.29) is 6.03 Å². The molecule has 0 saturated heterocycles. The number of carbonyl (C=O) groups excluding carboxylic acids is 1. The molecule has 2 aliphatic rings. The van der Waals surface area contributed by atoms with E-state index < -0.39 is 0 Å². The fourth-order valence-electron chi connectivity index (χ4n) is 1.64. The Bertz CT molecular complexity index is 433. The van der Waals surface area contributed by atoms with Crippen molar-refractivity contribution in [2.24, 2.45) is 4.99 Å². The topological polar surface area (TPSA) is 44.9 Å². The number of hydrogen-bond donors (Lipinski definition) is 0. The van der Waals surface area contributed by atoms with E-state index in [9.17, 15) is 4.79 Å². The predicted octanol–water partition coefficient (Wildman–Crippen LogP) is 0.981. The van der Waals surface area contributed by atoms with Crippen molar-refractivity contribution in [3.63, 3.8) is 0 Å². The van der Waals surface area contributed by atoms with Gasteiger partial charge in [0, 0.05) is 24.4 Å². The van der Waals surface area contributed by atoms with Crippen LogP contribution in [0.25, 0.3) is 0 Å². The Morgan fingerprint density at radius 1 is 1.50 bits per heavy atom. The zero-order valence-corrected chi connectivity index (χ0v) is 9.38. The summed E-state index contributed by atoms with van der Waals surface area (Å²) in [6, 6.07) is -0.215. The first-order valence-corrected chi connectivity index (χ1v) is 5.10. The number of hydrogen-bond acceptors (Lipinski definition) is 2. The van der Waals surface area contributed by atoms with Crippen LogP contribution in [0.1, 0.15) is 6.42 Å². The molecule has 0 fully saturated rings. The Labute approximate surface area is 94.0 Å². The highest BCUT2D eigenvalue weighted by Crippen LogP contribution is 2.07. The van der Waals surface area contributed by atoms with E-state index in [1.165, 1.54) is 0 Å². The molecule has 0 aromatic rings. The predicted molar refractivity (Wildman–Crippen MR) is 60.6 cm³/mol. The first kappa shape index (κ1) is 10.6. The fraction of sp³-hybridized carbons (Fsp3) is 0.364. The number of aliphatic imine (C=N–C) groups is 1. The maximum absolute atomic E-state index is 11.6. The first-order chi connectivity index (χ1) is 7.72. The van der Waals surface area contributed by atoms with E-state index >= 15 is 0 Å². The summed E-state index contributed by atoms with van der Waals surface area (Å²) in [6.45, 7) is 0.642. The van der Waals surface area contributed by atoms with Gasteiger partial charge in [-0.2, -0.15) is 4.99 Å². The van der Waals surface area contributed by atoms with Crippen molar-refractivity contribution in [2.75, 3.05) is 20.7 Å². The molecule has 0 spiro atoms. The van der Waals surface area contributed by atoms with Gasteiger partial charge in [-0.3, -0.25) is 4.84 Å². The van der Waals surface area contributed by atoms with E-state index in [1.807, 2.05) is 24.4 Å². The number of hydroxylamine groups is 1. The molecule has 0 bridgehead atoms. The van der Waals surface area contributed by atoms with Crippen molar-refractivity contribution in [1.82, 2.24) is 4.90 Å². The molecule has 2 rings (SSSR count). The largest absolute Gasteiger partial charge is 0.344 e. The number of nitrogens with zero attached hydrogens (tertiary/aromatic N) is 3. The van der Waals surface area contributed by atoms with Gasteiger partial charge >= 0.3 is 6.03 Å². The summed E-state index contributed by atoms with van der Waals surface area (Å²) in [5, 5.41) is 0. The van der Waals surface area contributed by atoms with Crippen molar-refractivity contribution in [2.45, 2.75) is 6.42 Å². The average Bonchev–Trinajstić information content (AvgIpc) is 2.54. The molecule has 0 N–H and O–H groups in total. The molecule has 84 valence electrons. The molecule has 2 heterocycles. The molecular weight excluding hydrogens is 206 g/mol. The van der Waals surface area contributed by atoms with E-state index in [2.05, 4.69) is 4.99 Å². The number of carbonyl (C=O) groups is 1. The number of amides is 2. The van der Waals surface area contributed by atoms with Gasteiger partial charge in [0.15, 0.2) is 0 Å². The first-order valence-electron chi connectivity index (χ1n) is 5.10. The van der Waals surface area contributed by atoms with Gasteiger partial charge in [-0.1, -0.05) is 6.08 Å². The molecule has 5 heteroatoms. The number of rotatable bonds is 1. The molecule has 0 aromatic heterocycles. The van der Waals surface area contributed by atoms with Gasteiger partial charge in [0.05, 0.1) is 6.42 Å². The van der Waals surface area contributed by atoms with E-state index in [4.69, 9.17) is 4.84 Å². The quantitative estimate of drug-likeness (QED) is 0.618. The highest BCUT2D eigenvalue weighted by atomic mass is 16.6. The molecule has 0 aliphatic carbocycles. The zero-order valence-electron chi connectivity index (χ0n) is 9.38. The Morgan fingerprint density at radius 3 is 3.06 bits per heavy atom. The molecule has 2 aliphatic heterocycles. The minimum Gasteiger partial charge on any atom is -0.325 e. The van der Waals surface area contributed by atoms with Crippen LogP contribution in [-0.4, -0.2) is 47.8 Å². The Hall–Kier alpha value is -1.91. The third-order valence-corrected chi connectivity index (χ3v) is 2.57. The zero-order chi connectivity index (χ0) is 11.5. The van der Waals surface area contributed by atoms with Crippen molar-refractivity contribution in [1.29, 1.82) is 0 Å². The maximum atomic E-state index is 11.6. The normalized spacial score (nSPS) is 20.2. The second-order valence-electron chi connectivity index (χ2n) is 3.61. The van der Waals surface area contributed by atoms with E-state index in [0.29, 0.717) is 12.3 Å². The third-order valence-electron chi connectivity index (χ3n) is 2.57. The van der Waals surface area contributed by atoms with Gasteiger partial charge in [-0.25, -0.2) is 4.79 Å². The molecular formula is C11H14N3O2+. The second kappa shape index (κ2) is 4.30. The molecule has 2 amide bonds. The van der Waals surface area contributed by atoms with Gasteiger partial charge in [-0.05, 0) is 6.08 Å². The Balaban J connectivity index is 2.49. The molecule has 0 unspecified atom stereocenters. The van der Waals surface area contributed by atoms with Gasteiger partial charge in [0.2, 0.25) is 6.20 Å². The highest BCUT2D eigenvalue weighted by molar-refractivity contribution is 6.46. The summed E-state index contributed by atoms with van der Waals surface area (Å²) in [7, 11) is 3.34. The standard InChI is InChI=1S/C11H14N3O2/c1-13-8-6-10-9(12-11(13)15)5-3-4-7-14(10)16-2/h3-5,7H,6,8H2,1-2H3/q+1. The van der Waals surface area contributed by atoms with Crippen LogP contribution in [-0.2, 0) is 4.84 Å². The molecule has 0 atom stereocenters. The number of fused-ring (bicyclic) bond motifs is 1. The lowest BCUT2D eigenvalue weighted by molar-refractivity contribution is -0.731. The summed E-state index contributed by atoms with van der Waals surface area (Å²) >= 11 is 0. The molecule has 16 heavy (non-hydrogen) atoms. The van der Waals surface area contributed by atoms with Crippen molar-refractivity contribution < 1.29 is 14.4 Å². The summed E-state index contributed by atoms with van der Waals surface area (Å²) in [5.74, 6) is 0. The lowest BCUT2D eigenvalue weighted by Gasteiger charge is -2.09. The minimum atomic E-state index is -0.215. The van der Waals surface area contributed by atoms with Crippen LogP contribution in [0.2, 0.25) is 0 Å². The van der Waals surface area contributed by atoms with Crippen molar-refractivity contribution in [3.05, 3.63) is 24.4 Å². The summed E-state index contributed by atoms with van der Waals surface area (Å²) in [5.41, 5.74) is 1.58. The number of urea groups is 1. The smallest absolute Gasteiger partial charge is 0.325 e. The molecule has 0 saturated carbocycles. The summed E-state index contributed by atoms with van der Waals surface area (Å²) in [6.07, 6.45) is 8.05. The monoisotopic (exact) mass is 220 g/mol. The van der Waals surface area contributed by atoms with Crippen LogP contribution >= 0.6 is 0 Å². The van der Waals surface area contributed by atoms with Gasteiger partial charge in [0.25, 0.3) is 5.71 Å². The van der Waals surface area contributed by atoms with Crippen LogP contribution in [0, 0.1) is 0 Å². The number of allylic oxidation sites excluding steroid dienone is 3. The third kappa shape index (κ3) is 1.88. The van der Waals surface area contributed by atoms with Gasteiger partial charge in [-0.15, -0.1) is 0 Å².